The first-order valence-electron chi connectivity index (χ1n) is 5.51. The van der Waals surface area contributed by atoms with Crippen LogP contribution in [0.2, 0.25) is 0 Å². The lowest BCUT2D eigenvalue weighted by atomic mass is 9.93. The molecule has 15 heavy (non-hydrogen) atoms. The van der Waals surface area contributed by atoms with Crippen LogP contribution in [0.5, 0.6) is 0 Å². The Bertz CT molecular complexity index is 385. The third-order valence-corrected chi connectivity index (χ3v) is 3.21. The van der Waals surface area contributed by atoms with E-state index >= 15 is 0 Å². The highest BCUT2D eigenvalue weighted by Crippen LogP contribution is 2.34. The summed E-state index contributed by atoms with van der Waals surface area (Å²) >= 11 is 0. The average Bonchev–Trinajstić information content (AvgIpc) is 2.59. The molecule has 2 unspecified atom stereocenters. The van der Waals surface area contributed by atoms with Gasteiger partial charge in [-0.2, -0.15) is 0 Å². The van der Waals surface area contributed by atoms with Gasteiger partial charge in [0, 0.05) is 5.56 Å². The van der Waals surface area contributed by atoms with Gasteiger partial charge in [0.2, 0.25) is 0 Å². The minimum Gasteiger partial charge on any atom is -0.377 e. The number of benzene rings is 1. The van der Waals surface area contributed by atoms with Crippen molar-refractivity contribution in [2.75, 3.05) is 0 Å². The van der Waals surface area contributed by atoms with Gasteiger partial charge in [0.15, 0.2) is 0 Å². The lowest BCUT2D eigenvalue weighted by molar-refractivity contribution is 0.0687. The summed E-state index contributed by atoms with van der Waals surface area (Å²) in [6.07, 6.45) is 2.98. The van der Waals surface area contributed by atoms with Crippen LogP contribution in [-0.4, -0.2) is 10.7 Å². The standard InChI is InChI=1S/C14H16O/c1-12-6-5-10-14(12,15)11-9-13-7-3-2-4-8-13/h2-4,7-8,12,15H,5-6,10H2,1H3. The average molecular weight is 200 g/mol. The fraction of sp³-hybridized carbons (Fsp3) is 0.429. The molecule has 1 fully saturated rings. The van der Waals surface area contributed by atoms with Crippen molar-refractivity contribution in [3.63, 3.8) is 0 Å². The molecule has 0 saturated heterocycles. The van der Waals surface area contributed by atoms with Gasteiger partial charge in [-0.05, 0) is 37.3 Å². The molecule has 1 aliphatic carbocycles. The topological polar surface area (TPSA) is 20.2 Å². The Balaban J connectivity index is 2.18. The maximum absolute atomic E-state index is 10.2. The highest BCUT2D eigenvalue weighted by molar-refractivity contribution is 5.36. The molecule has 0 spiro atoms. The molecule has 1 heteroatoms. The molecule has 2 atom stereocenters. The van der Waals surface area contributed by atoms with Gasteiger partial charge in [-0.1, -0.05) is 37.0 Å². The van der Waals surface area contributed by atoms with Gasteiger partial charge in [-0.15, -0.1) is 0 Å². The van der Waals surface area contributed by atoms with Gasteiger partial charge in [0.05, 0.1) is 0 Å². The molecule has 0 bridgehead atoms. The third kappa shape index (κ3) is 2.22. The van der Waals surface area contributed by atoms with Crippen molar-refractivity contribution in [2.45, 2.75) is 31.8 Å². The Kier molecular flexibility index (Phi) is 2.79. The third-order valence-electron chi connectivity index (χ3n) is 3.21. The number of aliphatic hydroxyl groups is 1. The van der Waals surface area contributed by atoms with E-state index in [0.29, 0.717) is 5.92 Å². The first-order chi connectivity index (χ1) is 7.21. The van der Waals surface area contributed by atoms with Gasteiger partial charge >= 0.3 is 0 Å². The monoisotopic (exact) mass is 200 g/mol. The normalized spacial score (nSPS) is 29.6. The lowest BCUT2D eigenvalue weighted by Crippen LogP contribution is -2.29. The van der Waals surface area contributed by atoms with Crippen molar-refractivity contribution in [1.82, 2.24) is 0 Å². The van der Waals surface area contributed by atoms with Crippen LogP contribution in [0.1, 0.15) is 31.7 Å². The highest BCUT2D eigenvalue weighted by Gasteiger charge is 2.36. The van der Waals surface area contributed by atoms with E-state index in [0.717, 1.165) is 24.8 Å². The molecule has 0 radical (unpaired) electrons. The molecule has 1 aliphatic rings. The Hall–Kier alpha value is -1.26. The molecule has 0 heterocycles. The maximum Gasteiger partial charge on any atom is 0.128 e. The van der Waals surface area contributed by atoms with Crippen LogP contribution >= 0.6 is 0 Å². The molecular formula is C14H16O. The van der Waals surface area contributed by atoms with Crippen molar-refractivity contribution in [3.8, 4) is 11.8 Å². The summed E-state index contributed by atoms with van der Waals surface area (Å²) in [5.41, 5.74) is 0.223. The summed E-state index contributed by atoms with van der Waals surface area (Å²) in [5.74, 6) is 6.39. The first-order valence-corrected chi connectivity index (χ1v) is 5.51. The van der Waals surface area contributed by atoms with E-state index in [4.69, 9.17) is 0 Å². The fourth-order valence-corrected chi connectivity index (χ4v) is 2.05. The van der Waals surface area contributed by atoms with E-state index in [1.54, 1.807) is 0 Å². The Morgan fingerprint density at radius 2 is 2.07 bits per heavy atom. The summed E-state index contributed by atoms with van der Waals surface area (Å²) in [7, 11) is 0. The molecule has 0 aliphatic heterocycles. The second kappa shape index (κ2) is 4.08. The molecule has 1 aromatic rings. The first kappa shape index (κ1) is 10.3. The number of hydrogen-bond acceptors (Lipinski definition) is 1. The summed E-state index contributed by atoms with van der Waals surface area (Å²) in [6.45, 7) is 2.08. The fourth-order valence-electron chi connectivity index (χ4n) is 2.05. The van der Waals surface area contributed by atoms with Crippen molar-refractivity contribution in [3.05, 3.63) is 35.9 Å². The van der Waals surface area contributed by atoms with Crippen LogP contribution in [0.3, 0.4) is 0 Å². The van der Waals surface area contributed by atoms with Gasteiger partial charge in [0.1, 0.15) is 5.60 Å². The van der Waals surface area contributed by atoms with Crippen LogP contribution in [0.4, 0.5) is 0 Å². The summed E-state index contributed by atoms with van der Waals surface area (Å²) in [5, 5.41) is 10.2. The van der Waals surface area contributed by atoms with Crippen LogP contribution in [0.15, 0.2) is 30.3 Å². The van der Waals surface area contributed by atoms with Gasteiger partial charge in [-0.3, -0.25) is 0 Å². The molecule has 1 nitrogen and oxygen atoms in total. The largest absolute Gasteiger partial charge is 0.377 e. The maximum atomic E-state index is 10.2. The van der Waals surface area contributed by atoms with Crippen LogP contribution in [0, 0.1) is 17.8 Å². The minimum absolute atomic E-state index is 0.300. The van der Waals surface area contributed by atoms with E-state index < -0.39 is 5.60 Å². The van der Waals surface area contributed by atoms with E-state index in [-0.39, 0.29) is 0 Å². The molecule has 1 N–H and O–H groups in total. The zero-order valence-electron chi connectivity index (χ0n) is 9.03. The molecule has 0 amide bonds. The summed E-state index contributed by atoms with van der Waals surface area (Å²) in [6, 6.07) is 9.84. The van der Waals surface area contributed by atoms with E-state index in [1.165, 1.54) is 0 Å². The quantitative estimate of drug-likeness (QED) is 0.638. The smallest absolute Gasteiger partial charge is 0.128 e. The Morgan fingerprint density at radius 3 is 2.67 bits per heavy atom. The lowest BCUT2D eigenvalue weighted by Gasteiger charge is -2.20. The van der Waals surface area contributed by atoms with Crippen LogP contribution in [0.25, 0.3) is 0 Å². The molecule has 2 rings (SSSR count). The van der Waals surface area contributed by atoms with E-state index in [9.17, 15) is 5.11 Å². The van der Waals surface area contributed by atoms with Crippen LogP contribution < -0.4 is 0 Å². The molecule has 1 saturated carbocycles. The predicted octanol–water partition coefficient (Wildman–Crippen LogP) is 2.59. The Labute approximate surface area is 91.1 Å². The van der Waals surface area contributed by atoms with Gasteiger partial charge in [-0.25, -0.2) is 0 Å². The minimum atomic E-state index is -0.754. The van der Waals surface area contributed by atoms with Gasteiger partial charge in [0.25, 0.3) is 0 Å². The zero-order valence-corrected chi connectivity index (χ0v) is 9.03. The predicted molar refractivity (Wildman–Crippen MR) is 61.3 cm³/mol. The van der Waals surface area contributed by atoms with Gasteiger partial charge < -0.3 is 5.11 Å². The Morgan fingerprint density at radius 1 is 1.33 bits per heavy atom. The van der Waals surface area contributed by atoms with E-state index in [1.807, 2.05) is 30.3 Å². The number of rotatable bonds is 0. The van der Waals surface area contributed by atoms with E-state index in [2.05, 4.69) is 18.8 Å². The molecule has 78 valence electrons. The molecule has 0 aromatic heterocycles. The highest BCUT2D eigenvalue weighted by atomic mass is 16.3. The second-order valence-corrected chi connectivity index (χ2v) is 4.33. The summed E-state index contributed by atoms with van der Waals surface area (Å²) < 4.78 is 0. The molecule has 1 aromatic carbocycles. The molecular weight excluding hydrogens is 184 g/mol. The summed E-state index contributed by atoms with van der Waals surface area (Å²) in [4.78, 5) is 0. The zero-order chi connectivity index (χ0) is 10.7. The second-order valence-electron chi connectivity index (χ2n) is 4.33. The van der Waals surface area contributed by atoms with Crippen LogP contribution in [-0.2, 0) is 0 Å². The van der Waals surface area contributed by atoms with Crippen molar-refractivity contribution < 1.29 is 5.11 Å². The van der Waals surface area contributed by atoms with Crippen molar-refractivity contribution in [2.24, 2.45) is 5.92 Å². The van der Waals surface area contributed by atoms with Crippen molar-refractivity contribution in [1.29, 1.82) is 0 Å². The van der Waals surface area contributed by atoms with Crippen molar-refractivity contribution >= 4 is 0 Å². The number of hydrogen-bond donors (Lipinski definition) is 1. The SMILES string of the molecule is CC1CCCC1(O)C#Cc1ccccc1.